The van der Waals surface area contributed by atoms with Gasteiger partial charge < -0.3 is 19.9 Å². The number of nitrogens with one attached hydrogen (secondary N) is 1. The highest BCUT2D eigenvalue weighted by molar-refractivity contribution is 5.97. The Labute approximate surface area is 212 Å². The smallest absolute Gasteiger partial charge is 0.328 e. The first kappa shape index (κ1) is 26.7. The molecule has 2 aromatic carbocycles. The van der Waals surface area contributed by atoms with Crippen LogP contribution in [-0.2, 0) is 22.4 Å². The number of methoxy groups -OCH3 is 1. The van der Waals surface area contributed by atoms with Gasteiger partial charge in [0.05, 0.1) is 7.11 Å². The van der Waals surface area contributed by atoms with E-state index in [0.717, 1.165) is 24.0 Å². The van der Waals surface area contributed by atoms with Crippen molar-refractivity contribution in [2.75, 3.05) is 7.11 Å². The molecule has 0 saturated heterocycles. The van der Waals surface area contributed by atoms with Crippen LogP contribution in [0.15, 0.2) is 60.8 Å². The van der Waals surface area contributed by atoms with Gasteiger partial charge in [-0.15, -0.1) is 0 Å². The molecule has 190 valence electrons. The molecule has 1 amide bonds. The van der Waals surface area contributed by atoms with Crippen LogP contribution in [0.4, 0.5) is 0 Å². The zero-order valence-corrected chi connectivity index (χ0v) is 21.4. The molecule has 1 heterocycles. The summed E-state index contributed by atoms with van der Waals surface area (Å²) in [6.45, 7) is 7.60. The van der Waals surface area contributed by atoms with Crippen LogP contribution in [0.25, 0.3) is 0 Å². The largest absolute Gasteiger partial charge is 0.503 e. The van der Waals surface area contributed by atoms with Crippen molar-refractivity contribution in [1.29, 1.82) is 0 Å². The van der Waals surface area contributed by atoms with Gasteiger partial charge in [-0.3, -0.25) is 4.79 Å². The van der Waals surface area contributed by atoms with Crippen LogP contribution < -0.4 is 10.1 Å². The number of hydrogen-bond donors (Lipinski definition) is 2. The maximum Gasteiger partial charge on any atom is 0.328 e. The molecule has 3 aromatic rings. The van der Waals surface area contributed by atoms with Gasteiger partial charge in [-0.1, -0.05) is 62.4 Å². The number of carbonyl (C=O) groups excluding carboxylic acids is 2. The number of rotatable bonds is 10. The molecule has 2 atom stereocenters. The first-order chi connectivity index (χ1) is 17.3. The predicted octanol–water partition coefficient (Wildman–Crippen LogP) is 4.80. The zero-order valence-electron chi connectivity index (χ0n) is 21.4. The van der Waals surface area contributed by atoms with E-state index in [4.69, 9.17) is 9.47 Å². The summed E-state index contributed by atoms with van der Waals surface area (Å²) in [5, 5.41) is 12.7. The molecule has 7 heteroatoms. The molecular formula is C29H34N2O5. The molecule has 36 heavy (non-hydrogen) atoms. The monoisotopic (exact) mass is 490 g/mol. The van der Waals surface area contributed by atoms with Gasteiger partial charge in [0.25, 0.3) is 5.91 Å². The molecular weight excluding hydrogens is 456 g/mol. The Kier molecular flexibility index (Phi) is 9.06. The summed E-state index contributed by atoms with van der Waals surface area (Å²) in [6.07, 6.45) is 2.72. The van der Waals surface area contributed by atoms with Gasteiger partial charge in [-0.25, -0.2) is 9.78 Å². The van der Waals surface area contributed by atoms with E-state index in [-0.39, 0.29) is 17.4 Å². The number of benzene rings is 2. The minimum absolute atomic E-state index is 0.116. The number of esters is 1. The van der Waals surface area contributed by atoms with Crippen LogP contribution in [0.5, 0.6) is 11.5 Å². The molecule has 0 aliphatic rings. The third-order valence-electron chi connectivity index (χ3n) is 6.29. The van der Waals surface area contributed by atoms with E-state index in [1.807, 2.05) is 6.92 Å². The molecule has 0 fully saturated rings. The highest BCUT2D eigenvalue weighted by atomic mass is 16.5. The molecule has 2 N–H and O–H groups in total. The van der Waals surface area contributed by atoms with Gasteiger partial charge in [0, 0.05) is 18.2 Å². The number of aromatic nitrogens is 1. The summed E-state index contributed by atoms with van der Waals surface area (Å²) in [4.78, 5) is 29.5. The summed E-state index contributed by atoms with van der Waals surface area (Å²) >= 11 is 0. The molecule has 7 nitrogen and oxygen atoms in total. The second-order valence-electron chi connectivity index (χ2n) is 8.72. The van der Waals surface area contributed by atoms with E-state index in [2.05, 4.69) is 72.7 Å². The molecule has 0 saturated carbocycles. The number of nitrogens with zero attached hydrogens (tertiary/aromatic N) is 1. The number of carbonyl (C=O) groups is 2. The van der Waals surface area contributed by atoms with Crippen molar-refractivity contribution < 1.29 is 24.2 Å². The van der Waals surface area contributed by atoms with E-state index >= 15 is 0 Å². The molecule has 0 unspecified atom stereocenters. The summed E-state index contributed by atoms with van der Waals surface area (Å²) in [6, 6.07) is 17.1. The van der Waals surface area contributed by atoms with Crippen LogP contribution in [0.1, 0.15) is 66.4 Å². The lowest BCUT2D eigenvalue weighted by molar-refractivity contribution is -0.150. The maximum atomic E-state index is 13.0. The third kappa shape index (κ3) is 6.22. The highest BCUT2D eigenvalue weighted by Gasteiger charge is 2.28. The van der Waals surface area contributed by atoms with Crippen molar-refractivity contribution in [3.8, 4) is 11.5 Å². The lowest BCUT2D eigenvalue weighted by Crippen LogP contribution is -2.41. The van der Waals surface area contributed by atoms with Crippen LogP contribution in [-0.4, -0.2) is 41.2 Å². The summed E-state index contributed by atoms with van der Waals surface area (Å²) in [7, 11) is 1.38. The van der Waals surface area contributed by atoms with E-state index < -0.39 is 29.8 Å². The van der Waals surface area contributed by atoms with E-state index in [0.29, 0.717) is 0 Å². The Morgan fingerprint density at radius 3 is 1.92 bits per heavy atom. The minimum atomic E-state index is -0.960. The second kappa shape index (κ2) is 12.2. The fraction of sp³-hybridized carbons (Fsp3) is 0.345. The highest BCUT2D eigenvalue weighted by Crippen LogP contribution is 2.31. The van der Waals surface area contributed by atoms with Gasteiger partial charge in [0.1, 0.15) is 12.1 Å². The standard InChI is InChI=1S/C29H34N2O5/c1-6-20-8-12-22(13-9-20)25(23-14-10-21(7-2)11-15-23)19(4)36-29(34)18(3)31-28(33)26-27(32)24(35-5)16-17-30-26/h8-19,25,32H,6-7H2,1-5H3,(H,31,33)/t18-,19-/m0/s1. The van der Waals surface area contributed by atoms with Gasteiger partial charge in [0.2, 0.25) is 0 Å². The normalized spacial score (nSPS) is 12.6. The molecule has 0 aliphatic heterocycles. The average molecular weight is 491 g/mol. The van der Waals surface area contributed by atoms with Crippen molar-refractivity contribution in [1.82, 2.24) is 10.3 Å². The molecule has 0 bridgehead atoms. The first-order valence-electron chi connectivity index (χ1n) is 12.2. The van der Waals surface area contributed by atoms with Crippen molar-refractivity contribution in [3.63, 3.8) is 0 Å². The van der Waals surface area contributed by atoms with Gasteiger partial charge >= 0.3 is 5.97 Å². The van der Waals surface area contributed by atoms with E-state index in [1.54, 1.807) is 0 Å². The maximum absolute atomic E-state index is 13.0. The Bertz CT molecular complexity index is 1130. The van der Waals surface area contributed by atoms with Gasteiger partial charge in [-0.2, -0.15) is 0 Å². The van der Waals surface area contributed by atoms with Crippen molar-refractivity contribution in [2.24, 2.45) is 0 Å². The molecule has 3 rings (SSSR count). The summed E-state index contributed by atoms with van der Waals surface area (Å²) < 4.78 is 10.9. The fourth-order valence-corrected chi connectivity index (χ4v) is 4.10. The van der Waals surface area contributed by atoms with Crippen molar-refractivity contribution >= 4 is 11.9 Å². The van der Waals surface area contributed by atoms with Crippen LogP contribution in [0.2, 0.25) is 0 Å². The Hall–Kier alpha value is -3.87. The average Bonchev–Trinajstić information content (AvgIpc) is 2.89. The molecule has 0 radical (unpaired) electrons. The molecule has 1 aromatic heterocycles. The molecule has 0 aliphatic carbocycles. The van der Waals surface area contributed by atoms with E-state index in [9.17, 15) is 14.7 Å². The zero-order chi connectivity index (χ0) is 26.2. The minimum Gasteiger partial charge on any atom is -0.503 e. The fourth-order valence-electron chi connectivity index (χ4n) is 4.10. The lowest BCUT2D eigenvalue weighted by atomic mass is 9.86. The van der Waals surface area contributed by atoms with Crippen molar-refractivity contribution in [2.45, 2.75) is 58.6 Å². The van der Waals surface area contributed by atoms with Crippen molar-refractivity contribution in [3.05, 3.63) is 88.7 Å². The lowest BCUT2D eigenvalue weighted by Gasteiger charge is -2.27. The Morgan fingerprint density at radius 1 is 0.917 bits per heavy atom. The third-order valence-corrected chi connectivity index (χ3v) is 6.29. The second-order valence-corrected chi connectivity index (χ2v) is 8.72. The quantitative estimate of drug-likeness (QED) is 0.396. The Balaban J connectivity index is 1.78. The topological polar surface area (TPSA) is 97.8 Å². The Morgan fingerprint density at radius 2 is 1.44 bits per heavy atom. The number of hydrogen-bond acceptors (Lipinski definition) is 6. The number of aromatic hydroxyl groups is 1. The summed E-state index contributed by atoms with van der Waals surface area (Å²) in [5.41, 5.74) is 4.31. The molecule has 0 spiro atoms. The summed E-state index contributed by atoms with van der Waals surface area (Å²) in [5.74, 6) is -1.75. The van der Waals surface area contributed by atoms with Crippen LogP contribution in [0.3, 0.4) is 0 Å². The number of aryl methyl sites for hydroxylation is 2. The SMILES string of the molecule is CCc1ccc(C(c2ccc(CC)cc2)[C@H](C)OC(=O)[C@H](C)NC(=O)c2nccc(OC)c2O)cc1. The number of pyridine rings is 1. The number of ether oxygens (including phenoxy) is 2. The number of amides is 1. The first-order valence-corrected chi connectivity index (χ1v) is 12.2. The predicted molar refractivity (Wildman–Crippen MR) is 138 cm³/mol. The van der Waals surface area contributed by atoms with E-state index in [1.165, 1.54) is 37.4 Å². The van der Waals surface area contributed by atoms with Crippen LogP contribution in [0, 0.1) is 0 Å². The van der Waals surface area contributed by atoms with Gasteiger partial charge in [-0.05, 0) is 48.9 Å². The van der Waals surface area contributed by atoms with Crippen LogP contribution >= 0.6 is 0 Å². The van der Waals surface area contributed by atoms with Gasteiger partial charge in [0.15, 0.2) is 17.2 Å².